The van der Waals surface area contributed by atoms with Crippen molar-refractivity contribution in [3.63, 3.8) is 0 Å². The Hall–Kier alpha value is -2.76. The van der Waals surface area contributed by atoms with Gasteiger partial charge in [-0.05, 0) is 18.2 Å². The number of amides is 2. The monoisotopic (exact) mass is 287 g/mol. The molecule has 0 saturated carbocycles. The van der Waals surface area contributed by atoms with Gasteiger partial charge in [-0.1, -0.05) is 12.1 Å². The Bertz CT molecular complexity index is 686. The van der Waals surface area contributed by atoms with Crippen LogP contribution in [0.2, 0.25) is 0 Å². The summed E-state index contributed by atoms with van der Waals surface area (Å²) in [4.78, 5) is 28.9. The standard InChI is InChI=1S/C15H14FN3O2/c1-19(2)15(21)11-5-3-4-6-12(11)18-14(20)10-7-8-17-13(16)9-10/h3-9H,1-2H3,(H,18,20). The molecule has 1 N–H and O–H groups in total. The minimum absolute atomic E-state index is 0.134. The van der Waals surface area contributed by atoms with Crippen LogP contribution in [0.25, 0.3) is 0 Å². The Kier molecular flexibility index (Phi) is 4.27. The summed E-state index contributed by atoms with van der Waals surface area (Å²) in [5.74, 6) is -1.47. The molecule has 1 aromatic heterocycles. The summed E-state index contributed by atoms with van der Waals surface area (Å²) in [6.45, 7) is 0. The third-order valence-corrected chi connectivity index (χ3v) is 2.80. The van der Waals surface area contributed by atoms with Gasteiger partial charge in [0.05, 0.1) is 11.3 Å². The van der Waals surface area contributed by atoms with Crippen LogP contribution in [-0.4, -0.2) is 35.8 Å². The van der Waals surface area contributed by atoms with E-state index in [9.17, 15) is 14.0 Å². The topological polar surface area (TPSA) is 62.3 Å². The van der Waals surface area contributed by atoms with Gasteiger partial charge in [-0.15, -0.1) is 0 Å². The molecule has 1 aromatic carbocycles. The maximum absolute atomic E-state index is 13.0. The minimum Gasteiger partial charge on any atom is -0.345 e. The maximum atomic E-state index is 13.0. The predicted octanol–water partition coefficient (Wildman–Crippen LogP) is 2.17. The van der Waals surface area contributed by atoms with E-state index >= 15 is 0 Å². The molecule has 6 heteroatoms. The van der Waals surface area contributed by atoms with Crippen LogP contribution in [0.5, 0.6) is 0 Å². The number of para-hydroxylation sites is 1. The molecule has 0 spiro atoms. The molecule has 5 nitrogen and oxygen atoms in total. The lowest BCUT2D eigenvalue weighted by Crippen LogP contribution is -2.24. The van der Waals surface area contributed by atoms with Crippen molar-refractivity contribution in [1.82, 2.24) is 9.88 Å². The molecular formula is C15H14FN3O2. The molecule has 0 radical (unpaired) electrons. The van der Waals surface area contributed by atoms with Gasteiger partial charge in [0.25, 0.3) is 11.8 Å². The van der Waals surface area contributed by atoms with Crippen LogP contribution in [0, 0.1) is 5.95 Å². The van der Waals surface area contributed by atoms with E-state index in [1.54, 1.807) is 38.4 Å². The number of halogens is 1. The molecule has 0 unspecified atom stereocenters. The number of rotatable bonds is 3. The van der Waals surface area contributed by atoms with E-state index in [0.29, 0.717) is 11.3 Å². The SMILES string of the molecule is CN(C)C(=O)c1ccccc1NC(=O)c1ccnc(F)c1. The van der Waals surface area contributed by atoms with Crippen LogP contribution in [0.3, 0.4) is 0 Å². The zero-order chi connectivity index (χ0) is 15.4. The Balaban J connectivity index is 2.28. The van der Waals surface area contributed by atoms with Crippen molar-refractivity contribution in [2.24, 2.45) is 0 Å². The highest BCUT2D eigenvalue weighted by atomic mass is 19.1. The van der Waals surface area contributed by atoms with E-state index in [4.69, 9.17) is 0 Å². The van der Waals surface area contributed by atoms with Crippen LogP contribution >= 0.6 is 0 Å². The number of nitrogens with one attached hydrogen (secondary N) is 1. The number of nitrogens with zero attached hydrogens (tertiary/aromatic N) is 2. The molecule has 2 amide bonds. The average Bonchev–Trinajstić information content (AvgIpc) is 2.47. The summed E-state index contributed by atoms with van der Waals surface area (Å²) >= 11 is 0. The second kappa shape index (κ2) is 6.13. The maximum Gasteiger partial charge on any atom is 0.255 e. The van der Waals surface area contributed by atoms with Gasteiger partial charge in [0.15, 0.2) is 0 Å². The number of hydrogen-bond donors (Lipinski definition) is 1. The Morgan fingerprint density at radius 2 is 1.90 bits per heavy atom. The second-order valence-electron chi connectivity index (χ2n) is 4.57. The van der Waals surface area contributed by atoms with E-state index < -0.39 is 11.9 Å². The highest BCUT2D eigenvalue weighted by Crippen LogP contribution is 2.17. The molecule has 108 valence electrons. The van der Waals surface area contributed by atoms with Crippen molar-refractivity contribution in [2.45, 2.75) is 0 Å². The molecule has 0 aliphatic carbocycles. The summed E-state index contributed by atoms with van der Waals surface area (Å²) in [7, 11) is 3.25. The van der Waals surface area contributed by atoms with Crippen LogP contribution in [0.15, 0.2) is 42.6 Å². The zero-order valence-electron chi connectivity index (χ0n) is 11.6. The van der Waals surface area contributed by atoms with Gasteiger partial charge in [-0.2, -0.15) is 4.39 Å². The number of carbonyl (C=O) groups is 2. The molecule has 0 aliphatic rings. The highest BCUT2D eigenvalue weighted by molar-refractivity contribution is 6.08. The Labute approximate surface area is 121 Å². The fraction of sp³-hybridized carbons (Fsp3) is 0.133. The van der Waals surface area contributed by atoms with Crippen LogP contribution < -0.4 is 5.32 Å². The second-order valence-corrected chi connectivity index (χ2v) is 4.57. The van der Waals surface area contributed by atoms with E-state index in [2.05, 4.69) is 10.3 Å². The highest BCUT2D eigenvalue weighted by Gasteiger charge is 2.15. The first-order valence-corrected chi connectivity index (χ1v) is 6.22. The van der Waals surface area contributed by atoms with Gasteiger partial charge in [0.2, 0.25) is 5.95 Å². The third-order valence-electron chi connectivity index (χ3n) is 2.80. The molecule has 0 fully saturated rings. The summed E-state index contributed by atoms with van der Waals surface area (Å²) in [6, 6.07) is 9.07. The number of pyridine rings is 1. The van der Waals surface area contributed by atoms with Crippen LogP contribution in [-0.2, 0) is 0 Å². The number of carbonyl (C=O) groups excluding carboxylic acids is 2. The molecule has 0 saturated heterocycles. The summed E-state index contributed by atoms with van der Waals surface area (Å²) < 4.78 is 13.0. The molecule has 21 heavy (non-hydrogen) atoms. The molecule has 0 bridgehead atoms. The van der Waals surface area contributed by atoms with Gasteiger partial charge in [0.1, 0.15) is 0 Å². The largest absolute Gasteiger partial charge is 0.345 e. The van der Waals surface area contributed by atoms with Crippen molar-refractivity contribution in [3.8, 4) is 0 Å². The number of hydrogen-bond acceptors (Lipinski definition) is 3. The van der Waals surface area contributed by atoms with Gasteiger partial charge < -0.3 is 10.2 Å². The minimum atomic E-state index is -0.736. The first-order valence-electron chi connectivity index (χ1n) is 6.22. The lowest BCUT2D eigenvalue weighted by molar-refractivity contribution is 0.0828. The molecule has 1 heterocycles. The fourth-order valence-corrected chi connectivity index (χ4v) is 1.76. The summed E-state index contributed by atoms with van der Waals surface area (Å²) in [6.07, 6.45) is 1.21. The number of benzene rings is 1. The van der Waals surface area contributed by atoms with Gasteiger partial charge in [0, 0.05) is 31.9 Å². The Morgan fingerprint density at radius 1 is 1.19 bits per heavy atom. The molecule has 2 rings (SSSR count). The third kappa shape index (κ3) is 3.42. The van der Waals surface area contributed by atoms with Gasteiger partial charge in [-0.3, -0.25) is 9.59 Å². The first-order chi connectivity index (χ1) is 9.99. The summed E-state index contributed by atoms with van der Waals surface area (Å²) in [5.41, 5.74) is 0.874. The van der Waals surface area contributed by atoms with Crippen molar-refractivity contribution < 1.29 is 14.0 Å². The van der Waals surface area contributed by atoms with E-state index in [-0.39, 0.29) is 11.5 Å². The Morgan fingerprint density at radius 3 is 2.57 bits per heavy atom. The van der Waals surface area contributed by atoms with Crippen molar-refractivity contribution in [2.75, 3.05) is 19.4 Å². The molecule has 0 aliphatic heterocycles. The lowest BCUT2D eigenvalue weighted by atomic mass is 10.1. The molecule has 0 atom stereocenters. The number of aromatic nitrogens is 1. The van der Waals surface area contributed by atoms with Crippen molar-refractivity contribution in [1.29, 1.82) is 0 Å². The smallest absolute Gasteiger partial charge is 0.255 e. The zero-order valence-corrected chi connectivity index (χ0v) is 11.6. The fourth-order valence-electron chi connectivity index (χ4n) is 1.76. The van der Waals surface area contributed by atoms with Crippen molar-refractivity contribution in [3.05, 3.63) is 59.7 Å². The van der Waals surface area contributed by atoms with Gasteiger partial charge >= 0.3 is 0 Å². The average molecular weight is 287 g/mol. The molecule has 2 aromatic rings. The quantitative estimate of drug-likeness (QED) is 0.880. The van der Waals surface area contributed by atoms with E-state index in [1.807, 2.05) is 0 Å². The van der Waals surface area contributed by atoms with Crippen LogP contribution in [0.1, 0.15) is 20.7 Å². The van der Waals surface area contributed by atoms with Gasteiger partial charge in [-0.25, -0.2) is 4.98 Å². The lowest BCUT2D eigenvalue weighted by Gasteiger charge is -2.14. The predicted molar refractivity (Wildman–Crippen MR) is 76.6 cm³/mol. The van der Waals surface area contributed by atoms with E-state index in [0.717, 1.165) is 6.07 Å². The normalized spacial score (nSPS) is 10.0. The van der Waals surface area contributed by atoms with Crippen molar-refractivity contribution >= 4 is 17.5 Å². The number of anilines is 1. The van der Waals surface area contributed by atoms with E-state index in [1.165, 1.54) is 17.2 Å². The molecular weight excluding hydrogens is 273 g/mol. The summed E-state index contributed by atoms with van der Waals surface area (Å²) in [5, 5.41) is 2.61. The first kappa shape index (κ1) is 14.6. The van der Waals surface area contributed by atoms with Crippen LogP contribution in [0.4, 0.5) is 10.1 Å².